The number of halogens is 1. The first kappa shape index (κ1) is 19.6. The van der Waals surface area contributed by atoms with Crippen LogP contribution in [0, 0.1) is 24.0 Å². The Morgan fingerprint density at radius 3 is 2.75 bits per heavy atom. The highest BCUT2D eigenvalue weighted by molar-refractivity contribution is 6.30. The van der Waals surface area contributed by atoms with Crippen molar-refractivity contribution in [1.29, 1.82) is 0 Å². The van der Waals surface area contributed by atoms with Gasteiger partial charge in [-0.05, 0) is 31.5 Å². The molecule has 0 spiro atoms. The molecular formula is C18H19ClN6O3. The Kier molecular flexibility index (Phi) is 5.74. The van der Waals surface area contributed by atoms with Crippen molar-refractivity contribution in [2.24, 2.45) is 0 Å². The molecule has 3 aromatic rings. The zero-order chi connectivity index (χ0) is 20.3. The van der Waals surface area contributed by atoms with Crippen LogP contribution < -0.4 is 5.32 Å². The molecule has 0 aliphatic heterocycles. The summed E-state index contributed by atoms with van der Waals surface area (Å²) in [6.45, 7) is 3.98. The fourth-order valence-corrected chi connectivity index (χ4v) is 3.13. The molecule has 28 heavy (non-hydrogen) atoms. The lowest BCUT2D eigenvalue weighted by molar-refractivity contribution is -0.386. The number of amides is 1. The summed E-state index contributed by atoms with van der Waals surface area (Å²) in [5.41, 5.74) is 1.75. The van der Waals surface area contributed by atoms with E-state index in [0.29, 0.717) is 28.8 Å². The van der Waals surface area contributed by atoms with Gasteiger partial charge in [-0.3, -0.25) is 24.3 Å². The summed E-state index contributed by atoms with van der Waals surface area (Å²) in [7, 11) is 0. The number of hydrogen-bond acceptors (Lipinski definition) is 5. The number of nitrogens with one attached hydrogen (secondary N) is 1. The van der Waals surface area contributed by atoms with Crippen LogP contribution in [0.5, 0.6) is 0 Å². The quantitative estimate of drug-likeness (QED) is 0.481. The summed E-state index contributed by atoms with van der Waals surface area (Å²) in [6.07, 6.45) is 1.89. The van der Waals surface area contributed by atoms with E-state index in [4.69, 9.17) is 11.6 Å². The van der Waals surface area contributed by atoms with Crippen LogP contribution in [0.2, 0.25) is 5.02 Å². The smallest absolute Gasteiger partial charge is 0.309 e. The van der Waals surface area contributed by atoms with E-state index >= 15 is 0 Å². The number of anilines is 1. The van der Waals surface area contributed by atoms with Crippen molar-refractivity contribution < 1.29 is 9.72 Å². The van der Waals surface area contributed by atoms with Crippen molar-refractivity contribution in [3.63, 3.8) is 0 Å². The average molecular weight is 403 g/mol. The van der Waals surface area contributed by atoms with Crippen LogP contribution in [-0.2, 0) is 17.9 Å². The Morgan fingerprint density at radius 1 is 1.29 bits per heavy atom. The standard InChI is InChI=1S/C18H19ClN6O3/c1-12-18(25(27)28)13(2)24(21-12)9-7-17(26)20-16-6-8-23(22-16)11-14-4-3-5-15(19)10-14/h3-6,8,10H,7,9,11H2,1-2H3,(H,20,22,26). The van der Waals surface area contributed by atoms with Gasteiger partial charge in [0.15, 0.2) is 5.82 Å². The monoisotopic (exact) mass is 402 g/mol. The maximum absolute atomic E-state index is 12.2. The highest BCUT2D eigenvalue weighted by Gasteiger charge is 2.21. The van der Waals surface area contributed by atoms with Gasteiger partial charge in [-0.1, -0.05) is 23.7 Å². The molecule has 0 saturated heterocycles. The summed E-state index contributed by atoms with van der Waals surface area (Å²) >= 11 is 5.98. The van der Waals surface area contributed by atoms with Gasteiger partial charge in [0.1, 0.15) is 11.4 Å². The van der Waals surface area contributed by atoms with Crippen molar-refractivity contribution in [3.05, 3.63) is 68.6 Å². The molecule has 2 aromatic heterocycles. The minimum atomic E-state index is -0.458. The summed E-state index contributed by atoms with van der Waals surface area (Å²) in [4.78, 5) is 22.8. The number of nitro groups is 1. The Balaban J connectivity index is 1.57. The molecule has 9 nitrogen and oxygen atoms in total. The first-order valence-corrected chi connectivity index (χ1v) is 8.97. The second kappa shape index (κ2) is 8.22. The minimum Gasteiger partial charge on any atom is -0.309 e. The lowest BCUT2D eigenvalue weighted by Crippen LogP contribution is -2.16. The molecule has 0 unspecified atom stereocenters. The molecule has 10 heteroatoms. The van der Waals surface area contributed by atoms with Gasteiger partial charge in [0.2, 0.25) is 5.91 Å². The molecule has 0 aliphatic carbocycles. The number of aromatic nitrogens is 4. The van der Waals surface area contributed by atoms with Crippen molar-refractivity contribution in [3.8, 4) is 0 Å². The lowest BCUT2D eigenvalue weighted by atomic mass is 10.2. The van der Waals surface area contributed by atoms with Crippen molar-refractivity contribution in [1.82, 2.24) is 19.6 Å². The van der Waals surface area contributed by atoms with Gasteiger partial charge in [0, 0.05) is 23.7 Å². The third-order valence-electron chi connectivity index (χ3n) is 4.22. The van der Waals surface area contributed by atoms with Gasteiger partial charge in [-0.2, -0.15) is 10.2 Å². The number of carbonyl (C=O) groups is 1. The maximum atomic E-state index is 12.2. The van der Waals surface area contributed by atoms with Gasteiger partial charge < -0.3 is 5.32 Å². The fourth-order valence-electron chi connectivity index (χ4n) is 2.92. The maximum Gasteiger partial charge on any atom is 0.312 e. The molecule has 0 bridgehead atoms. The molecular weight excluding hydrogens is 384 g/mol. The van der Waals surface area contributed by atoms with Gasteiger partial charge in [-0.15, -0.1) is 0 Å². The molecule has 1 N–H and O–H groups in total. The topological polar surface area (TPSA) is 108 Å². The molecule has 1 amide bonds. The molecule has 146 valence electrons. The number of rotatable bonds is 7. The molecule has 0 aliphatic rings. The van der Waals surface area contributed by atoms with Crippen molar-refractivity contribution in [2.45, 2.75) is 33.4 Å². The Bertz CT molecular complexity index is 1030. The molecule has 0 atom stereocenters. The number of aryl methyl sites for hydroxylation is 2. The normalized spacial score (nSPS) is 10.8. The van der Waals surface area contributed by atoms with Crippen LogP contribution in [0.1, 0.15) is 23.4 Å². The number of nitrogens with zero attached hydrogens (tertiary/aromatic N) is 5. The van der Waals surface area contributed by atoms with Gasteiger partial charge >= 0.3 is 5.69 Å². The molecule has 0 fully saturated rings. The highest BCUT2D eigenvalue weighted by atomic mass is 35.5. The highest BCUT2D eigenvalue weighted by Crippen LogP contribution is 2.22. The summed E-state index contributed by atoms with van der Waals surface area (Å²) < 4.78 is 3.18. The first-order chi connectivity index (χ1) is 13.3. The van der Waals surface area contributed by atoms with E-state index < -0.39 is 4.92 Å². The minimum absolute atomic E-state index is 0.0137. The van der Waals surface area contributed by atoms with Crippen molar-refractivity contribution in [2.75, 3.05) is 5.32 Å². The number of benzene rings is 1. The second-order valence-corrected chi connectivity index (χ2v) is 6.76. The average Bonchev–Trinajstić information content (AvgIpc) is 3.16. The van der Waals surface area contributed by atoms with Crippen LogP contribution in [0.15, 0.2) is 36.5 Å². The van der Waals surface area contributed by atoms with E-state index in [-0.39, 0.29) is 24.6 Å². The van der Waals surface area contributed by atoms with Crippen molar-refractivity contribution >= 4 is 29.0 Å². The number of carbonyl (C=O) groups excluding carboxylic acids is 1. The Labute approximate surface area is 166 Å². The van der Waals surface area contributed by atoms with Crippen LogP contribution in [-0.4, -0.2) is 30.4 Å². The lowest BCUT2D eigenvalue weighted by Gasteiger charge is -2.05. The Morgan fingerprint density at radius 2 is 2.07 bits per heavy atom. The summed E-state index contributed by atoms with van der Waals surface area (Å²) in [5, 5.41) is 22.9. The second-order valence-electron chi connectivity index (χ2n) is 6.33. The SMILES string of the molecule is Cc1nn(CCC(=O)Nc2ccn(Cc3cccc(Cl)c3)n2)c(C)c1[N+](=O)[O-]. The predicted octanol–water partition coefficient (Wildman–Crippen LogP) is 3.34. The third kappa shape index (κ3) is 4.55. The zero-order valence-electron chi connectivity index (χ0n) is 15.4. The molecule has 3 rings (SSSR count). The predicted molar refractivity (Wildman–Crippen MR) is 104 cm³/mol. The van der Waals surface area contributed by atoms with Crippen LogP contribution in [0.25, 0.3) is 0 Å². The zero-order valence-corrected chi connectivity index (χ0v) is 16.2. The largest absolute Gasteiger partial charge is 0.312 e. The van der Waals surface area contributed by atoms with E-state index in [9.17, 15) is 14.9 Å². The van der Waals surface area contributed by atoms with E-state index in [1.807, 2.05) is 18.2 Å². The molecule has 0 saturated carbocycles. The molecule has 2 heterocycles. The summed E-state index contributed by atoms with van der Waals surface area (Å²) in [5.74, 6) is 0.189. The van der Waals surface area contributed by atoms with Crippen LogP contribution in [0.3, 0.4) is 0 Å². The number of hydrogen-bond donors (Lipinski definition) is 1. The first-order valence-electron chi connectivity index (χ1n) is 8.59. The Hall–Kier alpha value is -3.20. The van der Waals surface area contributed by atoms with E-state index in [1.165, 1.54) is 4.68 Å². The van der Waals surface area contributed by atoms with E-state index in [0.717, 1.165) is 5.56 Å². The third-order valence-corrected chi connectivity index (χ3v) is 4.45. The molecule has 1 aromatic carbocycles. The van der Waals surface area contributed by atoms with Gasteiger partial charge in [0.05, 0.1) is 18.0 Å². The summed E-state index contributed by atoms with van der Waals surface area (Å²) in [6, 6.07) is 9.18. The van der Waals surface area contributed by atoms with Gasteiger partial charge in [-0.25, -0.2) is 0 Å². The van der Waals surface area contributed by atoms with Crippen LogP contribution >= 0.6 is 11.6 Å². The van der Waals surface area contributed by atoms with E-state index in [2.05, 4.69) is 15.5 Å². The molecule has 0 radical (unpaired) electrons. The fraction of sp³-hybridized carbons (Fsp3) is 0.278. The van der Waals surface area contributed by atoms with Gasteiger partial charge in [0.25, 0.3) is 0 Å². The van der Waals surface area contributed by atoms with E-state index in [1.54, 1.807) is 36.9 Å². The van der Waals surface area contributed by atoms with Crippen LogP contribution in [0.4, 0.5) is 11.5 Å².